The highest BCUT2D eigenvalue weighted by Crippen LogP contribution is 2.22. The van der Waals surface area contributed by atoms with Crippen LogP contribution in [0.1, 0.15) is 23.2 Å². The van der Waals surface area contributed by atoms with Crippen molar-refractivity contribution in [1.29, 1.82) is 0 Å². The summed E-state index contributed by atoms with van der Waals surface area (Å²) in [6.07, 6.45) is 1.50. The molecule has 2 saturated heterocycles. The van der Waals surface area contributed by atoms with Crippen LogP contribution in [0.4, 0.5) is 0 Å². The molecule has 1 aromatic heterocycles. The van der Waals surface area contributed by atoms with Crippen molar-refractivity contribution in [2.45, 2.75) is 12.8 Å². The van der Waals surface area contributed by atoms with Crippen LogP contribution < -0.4 is 5.63 Å². The number of likely N-dealkylation sites (tertiary alicyclic amines) is 1. The molecule has 2 amide bonds. The van der Waals surface area contributed by atoms with Gasteiger partial charge in [0.25, 0.3) is 5.91 Å². The first kappa shape index (κ1) is 17.7. The van der Waals surface area contributed by atoms with Gasteiger partial charge in [-0.2, -0.15) is 0 Å². The fraction of sp³-hybridized carbons (Fsp3) is 0.450. The first-order chi connectivity index (χ1) is 13.1. The predicted molar refractivity (Wildman–Crippen MR) is 98.5 cm³/mol. The zero-order valence-electron chi connectivity index (χ0n) is 15.1. The third kappa shape index (κ3) is 3.60. The number of fused-ring (bicyclic) bond motifs is 1. The Hall–Kier alpha value is -2.67. The summed E-state index contributed by atoms with van der Waals surface area (Å²) in [4.78, 5) is 41.4. The molecule has 2 aliphatic rings. The summed E-state index contributed by atoms with van der Waals surface area (Å²) < 4.78 is 10.6. The second kappa shape index (κ2) is 7.52. The number of hydrogen-bond donors (Lipinski definition) is 0. The van der Waals surface area contributed by atoms with E-state index in [1.807, 2.05) is 11.0 Å². The smallest absolute Gasteiger partial charge is 0.349 e. The summed E-state index contributed by atoms with van der Waals surface area (Å²) in [5.41, 5.74) is -0.161. The fourth-order valence-electron chi connectivity index (χ4n) is 3.79. The Labute approximate surface area is 156 Å². The SMILES string of the molecule is O=C(c1cc2ccccc2oc1=O)N1CCCC(C(=O)N2CCOCC2)C1. The molecule has 4 rings (SSSR count). The third-order valence-electron chi connectivity index (χ3n) is 5.25. The summed E-state index contributed by atoms with van der Waals surface area (Å²) in [5.74, 6) is -0.524. The van der Waals surface area contributed by atoms with E-state index >= 15 is 0 Å². The van der Waals surface area contributed by atoms with E-state index in [9.17, 15) is 14.4 Å². The summed E-state index contributed by atoms with van der Waals surface area (Å²) in [6.45, 7) is 3.17. The molecular formula is C20H22N2O5. The van der Waals surface area contributed by atoms with Gasteiger partial charge in [0.05, 0.1) is 19.1 Å². The van der Waals surface area contributed by atoms with Crippen LogP contribution in [0.25, 0.3) is 11.0 Å². The quantitative estimate of drug-likeness (QED) is 0.749. The molecule has 3 heterocycles. The average Bonchev–Trinajstić information content (AvgIpc) is 2.73. The van der Waals surface area contributed by atoms with Crippen LogP contribution in [0.15, 0.2) is 39.5 Å². The largest absolute Gasteiger partial charge is 0.422 e. The van der Waals surface area contributed by atoms with E-state index in [0.717, 1.165) is 12.8 Å². The summed E-state index contributed by atoms with van der Waals surface area (Å²) >= 11 is 0. The highest BCUT2D eigenvalue weighted by molar-refractivity contribution is 5.97. The maximum absolute atomic E-state index is 12.9. The van der Waals surface area contributed by atoms with Crippen molar-refractivity contribution in [3.05, 3.63) is 46.3 Å². The number of morpholine rings is 1. The number of amides is 2. The Bertz CT molecular complexity index is 916. The van der Waals surface area contributed by atoms with Gasteiger partial charge >= 0.3 is 5.63 Å². The van der Waals surface area contributed by atoms with Crippen LogP contribution in [0.5, 0.6) is 0 Å². The van der Waals surface area contributed by atoms with Crippen LogP contribution in [0, 0.1) is 5.92 Å². The fourth-order valence-corrected chi connectivity index (χ4v) is 3.79. The number of para-hydroxylation sites is 1. The van der Waals surface area contributed by atoms with Crippen LogP contribution >= 0.6 is 0 Å². The molecule has 1 aromatic carbocycles. The maximum atomic E-state index is 12.9. The van der Waals surface area contributed by atoms with Crippen LogP contribution in [0.2, 0.25) is 0 Å². The number of nitrogens with zero attached hydrogens (tertiary/aromatic N) is 2. The topological polar surface area (TPSA) is 80.1 Å². The molecule has 0 bridgehead atoms. The van der Waals surface area contributed by atoms with Gasteiger partial charge < -0.3 is 19.0 Å². The molecule has 7 heteroatoms. The molecule has 0 aliphatic carbocycles. The van der Waals surface area contributed by atoms with E-state index in [4.69, 9.17) is 9.15 Å². The zero-order chi connectivity index (χ0) is 18.8. The second-order valence-corrected chi connectivity index (χ2v) is 7.01. The van der Waals surface area contributed by atoms with Gasteiger partial charge in [0.15, 0.2) is 0 Å². The first-order valence-electron chi connectivity index (χ1n) is 9.32. The van der Waals surface area contributed by atoms with Crippen LogP contribution in [-0.2, 0) is 9.53 Å². The van der Waals surface area contributed by atoms with Crippen molar-refractivity contribution in [1.82, 2.24) is 9.80 Å². The van der Waals surface area contributed by atoms with Gasteiger partial charge in [-0.3, -0.25) is 9.59 Å². The van der Waals surface area contributed by atoms with Gasteiger partial charge in [0.2, 0.25) is 5.91 Å². The van der Waals surface area contributed by atoms with Gasteiger partial charge in [-0.1, -0.05) is 18.2 Å². The standard InChI is InChI=1S/C20H22N2O5/c23-18(21-8-10-26-11-9-21)15-5-3-7-22(13-15)19(24)16-12-14-4-1-2-6-17(14)27-20(16)25/h1-2,4,6,12,15H,3,5,7-11,13H2. The third-order valence-corrected chi connectivity index (χ3v) is 5.25. The summed E-state index contributed by atoms with van der Waals surface area (Å²) in [6, 6.07) is 8.68. The number of benzene rings is 1. The minimum absolute atomic E-state index is 0.0215. The molecular weight excluding hydrogens is 348 g/mol. The lowest BCUT2D eigenvalue weighted by Gasteiger charge is -2.36. The highest BCUT2D eigenvalue weighted by atomic mass is 16.5. The Morgan fingerprint density at radius 2 is 1.81 bits per heavy atom. The molecule has 27 heavy (non-hydrogen) atoms. The Morgan fingerprint density at radius 3 is 2.63 bits per heavy atom. The molecule has 142 valence electrons. The first-order valence-corrected chi connectivity index (χ1v) is 9.32. The molecule has 7 nitrogen and oxygen atoms in total. The van der Waals surface area contributed by atoms with E-state index in [1.165, 1.54) is 0 Å². The van der Waals surface area contributed by atoms with E-state index in [2.05, 4.69) is 0 Å². The van der Waals surface area contributed by atoms with E-state index < -0.39 is 5.63 Å². The zero-order valence-corrected chi connectivity index (χ0v) is 15.1. The van der Waals surface area contributed by atoms with E-state index in [0.29, 0.717) is 50.4 Å². The highest BCUT2D eigenvalue weighted by Gasteiger charge is 2.33. The predicted octanol–water partition coefficient (Wildman–Crippen LogP) is 1.50. The molecule has 2 aromatic rings. The average molecular weight is 370 g/mol. The number of piperidine rings is 1. The van der Waals surface area contributed by atoms with Crippen molar-refractivity contribution in [3.63, 3.8) is 0 Å². The number of ether oxygens (including phenoxy) is 1. The Balaban J connectivity index is 1.52. The van der Waals surface area contributed by atoms with Gasteiger partial charge in [0, 0.05) is 31.6 Å². The molecule has 1 unspecified atom stereocenters. The molecule has 0 saturated carbocycles. The second-order valence-electron chi connectivity index (χ2n) is 7.01. The molecule has 0 spiro atoms. The number of carbonyl (C=O) groups is 2. The molecule has 0 radical (unpaired) electrons. The lowest BCUT2D eigenvalue weighted by molar-refractivity contribution is -0.141. The van der Waals surface area contributed by atoms with Crippen molar-refractivity contribution < 1.29 is 18.7 Å². The summed E-state index contributed by atoms with van der Waals surface area (Å²) in [7, 11) is 0. The van der Waals surface area contributed by atoms with Gasteiger partial charge in [-0.15, -0.1) is 0 Å². The number of carbonyl (C=O) groups excluding carboxylic acids is 2. The lowest BCUT2D eigenvalue weighted by atomic mass is 9.95. The van der Waals surface area contributed by atoms with E-state index in [1.54, 1.807) is 29.2 Å². The van der Waals surface area contributed by atoms with Gasteiger partial charge in [0.1, 0.15) is 11.1 Å². The minimum atomic E-state index is -0.639. The van der Waals surface area contributed by atoms with Crippen molar-refractivity contribution in [2.24, 2.45) is 5.92 Å². The molecule has 2 fully saturated rings. The van der Waals surface area contributed by atoms with Crippen molar-refractivity contribution in [2.75, 3.05) is 39.4 Å². The Kier molecular flexibility index (Phi) is 4.94. The molecule has 2 aliphatic heterocycles. The van der Waals surface area contributed by atoms with Crippen molar-refractivity contribution in [3.8, 4) is 0 Å². The van der Waals surface area contributed by atoms with E-state index in [-0.39, 0.29) is 23.3 Å². The summed E-state index contributed by atoms with van der Waals surface area (Å²) in [5, 5.41) is 0.707. The van der Waals surface area contributed by atoms with Gasteiger partial charge in [-0.05, 0) is 25.0 Å². The van der Waals surface area contributed by atoms with Crippen LogP contribution in [-0.4, -0.2) is 61.0 Å². The van der Waals surface area contributed by atoms with Gasteiger partial charge in [-0.25, -0.2) is 4.79 Å². The minimum Gasteiger partial charge on any atom is -0.422 e. The lowest BCUT2D eigenvalue weighted by Crippen LogP contribution is -2.49. The normalized spacial score (nSPS) is 20.7. The number of rotatable bonds is 2. The maximum Gasteiger partial charge on any atom is 0.349 e. The molecule has 1 atom stereocenters. The molecule has 0 N–H and O–H groups in total. The van der Waals surface area contributed by atoms with Crippen LogP contribution in [0.3, 0.4) is 0 Å². The number of hydrogen-bond acceptors (Lipinski definition) is 5. The monoisotopic (exact) mass is 370 g/mol. The van der Waals surface area contributed by atoms with Crippen molar-refractivity contribution >= 4 is 22.8 Å². The Morgan fingerprint density at radius 1 is 1.04 bits per heavy atom.